The molecule has 0 saturated heterocycles. The molecule has 15 heavy (non-hydrogen) atoms. The first-order chi connectivity index (χ1) is 6.82. The van der Waals surface area contributed by atoms with Crippen molar-refractivity contribution in [2.75, 3.05) is 0 Å². The molecule has 1 atom stereocenters. The van der Waals surface area contributed by atoms with Crippen molar-refractivity contribution in [3.05, 3.63) is 34.6 Å². The number of alkyl halides is 3. The molecule has 0 saturated carbocycles. The molecule has 0 radical (unpaired) electrons. The second kappa shape index (κ2) is 4.60. The minimum atomic E-state index is -3.80. The molecule has 0 aliphatic carbocycles. The van der Waals surface area contributed by atoms with Crippen LogP contribution in [0, 0.1) is 5.82 Å². The first kappa shape index (κ1) is 12.6. The summed E-state index contributed by atoms with van der Waals surface area (Å²) in [5.41, 5.74) is -0.174. The molecular formula is C9H7Cl2F3O. The number of benzene rings is 1. The molecule has 0 heterocycles. The van der Waals surface area contributed by atoms with Crippen LogP contribution < -0.4 is 0 Å². The Morgan fingerprint density at radius 1 is 1.40 bits per heavy atom. The number of aliphatic hydroxyl groups is 1. The van der Waals surface area contributed by atoms with E-state index in [1.165, 1.54) is 12.1 Å². The lowest BCUT2D eigenvalue weighted by Crippen LogP contribution is -2.29. The third-order valence-corrected chi connectivity index (χ3v) is 2.44. The summed E-state index contributed by atoms with van der Waals surface area (Å²) < 4.78 is 37.9. The van der Waals surface area contributed by atoms with Crippen LogP contribution in [0.5, 0.6) is 0 Å². The Labute approximate surface area is 94.4 Å². The zero-order valence-corrected chi connectivity index (χ0v) is 8.87. The van der Waals surface area contributed by atoms with Crippen LogP contribution in [0.4, 0.5) is 13.2 Å². The predicted octanol–water partition coefficient (Wildman–Crippen LogP) is 3.21. The summed E-state index contributed by atoms with van der Waals surface area (Å²) in [6, 6.07) is 3.76. The molecule has 0 aliphatic rings. The molecule has 1 aromatic rings. The number of halogens is 5. The average Bonchev–Trinajstić information content (AvgIpc) is 2.09. The van der Waals surface area contributed by atoms with Gasteiger partial charge in [0.25, 0.3) is 0 Å². The lowest BCUT2D eigenvalue weighted by molar-refractivity contribution is -0.0400. The van der Waals surface area contributed by atoms with Crippen LogP contribution >= 0.6 is 23.2 Å². The topological polar surface area (TPSA) is 20.2 Å². The minimum absolute atomic E-state index is 0.0185. The lowest BCUT2D eigenvalue weighted by Gasteiger charge is -2.16. The first-order valence-corrected chi connectivity index (χ1v) is 4.75. The smallest absolute Gasteiger partial charge is 0.347 e. The van der Waals surface area contributed by atoms with Gasteiger partial charge in [0.1, 0.15) is 11.9 Å². The van der Waals surface area contributed by atoms with E-state index in [1.54, 1.807) is 0 Å². The number of aliphatic hydroxyl groups excluding tert-OH is 1. The van der Waals surface area contributed by atoms with Gasteiger partial charge in [-0.3, -0.25) is 0 Å². The number of rotatable bonds is 3. The van der Waals surface area contributed by atoms with Crippen molar-refractivity contribution in [3.63, 3.8) is 0 Å². The van der Waals surface area contributed by atoms with Crippen molar-refractivity contribution in [2.24, 2.45) is 0 Å². The third kappa shape index (κ3) is 3.26. The van der Waals surface area contributed by atoms with Gasteiger partial charge in [-0.05, 0) is 23.7 Å². The van der Waals surface area contributed by atoms with Crippen LogP contribution in [0.3, 0.4) is 0 Å². The van der Waals surface area contributed by atoms with E-state index in [4.69, 9.17) is 16.7 Å². The Bertz CT molecular complexity index is 331. The van der Waals surface area contributed by atoms with E-state index < -0.39 is 23.7 Å². The van der Waals surface area contributed by atoms with Gasteiger partial charge in [0.15, 0.2) is 0 Å². The maximum atomic E-state index is 13.1. The van der Waals surface area contributed by atoms with E-state index in [0.717, 1.165) is 6.07 Å². The van der Waals surface area contributed by atoms with Crippen molar-refractivity contribution in [3.8, 4) is 0 Å². The second-order valence-corrected chi connectivity index (χ2v) is 3.87. The highest BCUT2D eigenvalue weighted by atomic mass is 35.5. The van der Waals surface area contributed by atoms with Crippen molar-refractivity contribution in [1.29, 1.82) is 0 Å². The standard InChI is InChI=1S/C9H7Cl2F3O/c10-6-2-1-3-7(12)5(6)4-8(15)9(11,13)14/h1-3,8,15H,4H2. The van der Waals surface area contributed by atoms with Crippen molar-refractivity contribution >= 4 is 23.2 Å². The highest BCUT2D eigenvalue weighted by molar-refractivity contribution is 6.31. The Morgan fingerprint density at radius 2 is 2.00 bits per heavy atom. The molecule has 0 fully saturated rings. The molecule has 84 valence electrons. The van der Waals surface area contributed by atoms with Gasteiger partial charge in [0, 0.05) is 17.0 Å². The van der Waals surface area contributed by atoms with Gasteiger partial charge in [-0.2, -0.15) is 8.78 Å². The Morgan fingerprint density at radius 3 is 2.47 bits per heavy atom. The lowest BCUT2D eigenvalue weighted by atomic mass is 10.1. The molecule has 1 unspecified atom stereocenters. The number of hydrogen-bond donors (Lipinski definition) is 1. The van der Waals surface area contributed by atoms with E-state index in [0.29, 0.717) is 0 Å². The summed E-state index contributed by atoms with van der Waals surface area (Å²) >= 11 is 10.2. The number of hydrogen-bond acceptors (Lipinski definition) is 1. The molecule has 0 bridgehead atoms. The van der Waals surface area contributed by atoms with Gasteiger partial charge in [0.2, 0.25) is 0 Å². The maximum Gasteiger partial charge on any atom is 0.347 e. The summed E-state index contributed by atoms with van der Waals surface area (Å²) in [5, 5.41) is 5.16. The molecular weight excluding hydrogens is 252 g/mol. The molecule has 1 nitrogen and oxygen atoms in total. The summed E-state index contributed by atoms with van der Waals surface area (Å²) in [6.07, 6.45) is -2.81. The average molecular weight is 259 g/mol. The monoisotopic (exact) mass is 258 g/mol. The van der Waals surface area contributed by atoms with Crippen LogP contribution in [0.15, 0.2) is 18.2 Å². The molecule has 0 spiro atoms. The Kier molecular flexibility index (Phi) is 3.87. The van der Waals surface area contributed by atoms with E-state index in [2.05, 4.69) is 11.6 Å². The SMILES string of the molecule is OC(Cc1c(F)cccc1Cl)C(F)(F)Cl. The summed E-state index contributed by atoms with van der Waals surface area (Å²) in [5.74, 6) is -0.748. The molecule has 1 N–H and O–H groups in total. The van der Waals surface area contributed by atoms with Crippen LogP contribution in [-0.4, -0.2) is 16.6 Å². The zero-order valence-electron chi connectivity index (χ0n) is 7.35. The fraction of sp³-hybridized carbons (Fsp3) is 0.333. The van der Waals surface area contributed by atoms with Crippen LogP contribution in [0.2, 0.25) is 5.02 Å². The van der Waals surface area contributed by atoms with Gasteiger partial charge < -0.3 is 5.11 Å². The third-order valence-electron chi connectivity index (χ3n) is 1.84. The quantitative estimate of drug-likeness (QED) is 0.826. The summed E-state index contributed by atoms with van der Waals surface area (Å²) in [7, 11) is 0. The maximum absolute atomic E-state index is 13.1. The van der Waals surface area contributed by atoms with E-state index >= 15 is 0 Å². The highest BCUT2D eigenvalue weighted by Crippen LogP contribution is 2.29. The normalized spacial score (nSPS) is 14.0. The Balaban J connectivity index is 2.90. The summed E-state index contributed by atoms with van der Waals surface area (Å²) in [4.78, 5) is 0. The van der Waals surface area contributed by atoms with Crippen LogP contribution in [0.25, 0.3) is 0 Å². The largest absolute Gasteiger partial charge is 0.385 e. The van der Waals surface area contributed by atoms with Gasteiger partial charge in [-0.15, -0.1) is 0 Å². The van der Waals surface area contributed by atoms with Crippen molar-refractivity contribution in [1.82, 2.24) is 0 Å². The molecule has 1 rings (SSSR count). The van der Waals surface area contributed by atoms with E-state index in [1.807, 2.05) is 0 Å². The fourth-order valence-corrected chi connectivity index (χ4v) is 1.35. The molecule has 0 amide bonds. The molecule has 0 aromatic heterocycles. The Hall–Kier alpha value is -0.450. The second-order valence-electron chi connectivity index (χ2n) is 2.96. The first-order valence-electron chi connectivity index (χ1n) is 4.00. The highest BCUT2D eigenvalue weighted by Gasteiger charge is 2.36. The van der Waals surface area contributed by atoms with Crippen LogP contribution in [-0.2, 0) is 6.42 Å². The van der Waals surface area contributed by atoms with Crippen molar-refractivity contribution in [2.45, 2.75) is 17.9 Å². The fourth-order valence-electron chi connectivity index (χ4n) is 1.04. The van der Waals surface area contributed by atoms with Gasteiger partial charge >= 0.3 is 5.38 Å². The van der Waals surface area contributed by atoms with E-state index in [9.17, 15) is 13.2 Å². The van der Waals surface area contributed by atoms with Crippen molar-refractivity contribution < 1.29 is 18.3 Å². The molecule has 6 heteroatoms. The van der Waals surface area contributed by atoms with Gasteiger partial charge in [-0.1, -0.05) is 17.7 Å². The zero-order chi connectivity index (χ0) is 11.6. The summed E-state index contributed by atoms with van der Waals surface area (Å²) in [6.45, 7) is 0. The van der Waals surface area contributed by atoms with E-state index in [-0.39, 0.29) is 10.6 Å². The molecule has 1 aromatic carbocycles. The van der Waals surface area contributed by atoms with Gasteiger partial charge in [-0.25, -0.2) is 4.39 Å². The van der Waals surface area contributed by atoms with Gasteiger partial charge in [0.05, 0.1) is 0 Å². The van der Waals surface area contributed by atoms with Crippen LogP contribution in [0.1, 0.15) is 5.56 Å². The predicted molar refractivity (Wildman–Crippen MR) is 51.9 cm³/mol. The minimum Gasteiger partial charge on any atom is -0.385 e. The molecule has 0 aliphatic heterocycles.